The van der Waals surface area contributed by atoms with Gasteiger partial charge in [-0.25, -0.2) is 4.79 Å². The molecule has 0 saturated carbocycles. The SMILES string of the molecule is CC(C)N1CCC(c2ccnc(-c3ccccc3C(=O)O)c2)CC1. The van der Waals surface area contributed by atoms with E-state index in [2.05, 4.69) is 35.9 Å². The van der Waals surface area contributed by atoms with Gasteiger partial charge in [0.15, 0.2) is 0 Å². The lowest BCUT2D eigenvalue weighted by Gasteiger charge is -2.34. The van der Waals surface area contributed by atoms with Gasteiger partial charge >= 0.3 is 5.97 Å². The molecular formula is C20H24N2O2. The summed E-state index contributed by atoms with van der Waals surface area (Å²) in [7, 11) is 0. The molecule has 2 aromatic rings. The van der Waals surface area contributed by atoms with Crippen LogP contribution in [0, 0.1) is 0 Å². The summed E-state index contributed by atoms with van der Waals surface area (Å²) in [5.41, 5.74) is 3.00. The number of hydrogen-bond acceptors (Lipinski definition) is 3. The molecule has 4 heteroatoms. The molecule has 1 aliphatic heterocycles. The average Bonchev–Trinajstić information content (AvgIpc) is 2.62. The van der Waals surface area contributed by atoms with Gasteiger partial charge in [-0.1, -0.05) is 18.2 Å². The third-order valence-corrected chi connectivity index (χ3v) is 4.95. The fourth-order valence-electron chi connectivity index (χ4n) is 3.49. The predicted molar refractivity (Wildman–Crippen MR) is 95.3 cm³/mol. The second-order valence-electron chi connectivity index (χ2n) is 6.73. The summed E-state index contributed by atoms with van der Waals surface area (Å²) >= 11 is 0. The molecule has 1 N–H and O–H groups in total. The highest BCUT2D eigenvalue weighted by atomic mass is 16.4. The maximum absolute atomic E-state index is 11.4. The van der Waals surface area contributed by atoms with Crippen LogP contribution in [-0.2, 0) is 0 Å². The Morgan fingerprint density at radius 1 is 1.21 bits per heavy atom. The number of likely N-dealkylation sites (tertiary alicyclic amines) is 1. The lowest BCUT2D eigenvalue weighted by Crippen LogP contribution is -2.37. The molecular weight excluding hydrogens is 300 g/mol. The first-order valence-electron chi connectivity index (χ1n) is 8.59. The first-order valence-corrected chi connectivity index (χ1v) is 8.59. The number of pyridine rings is 1. The van der Waals surface area contributed by atoms with Crippen LogP contribution in [0.1, 0.15) is 48.5 Å². The zero-order valence-electron chi connectivity index (χ0n) is 14.3. The Morgan fingerprint density at radius 2 is 1.92 bits per heavy atom. The third-order valence-electron chi connectivity index (χ3n) is 4.95. The molecule has 1 saturated heterocycles. The predicted octanol–water partition coefficient (Wildman–Crippen LogP) is 4.03. The van der Waals surface area contributed by atoms with Gasteiger partial charge in [-0.05, 0) is 69.5 Å². The molecule has 0 amide bonds. The van der Waals surface area contributed by atoms with Gasteiger partial charge in [-0.3, -0.25) is 4.98 Å². The number of nitrogens with zero attached hydrogens (tertiary/aromatic N) is 2. The van der Waals surface area contributed by atoms with E-state index in [1.54, 1.807) is 18.3 Å². The first-order chi connectivity index (χ1) is 11.6. The number of benzene rings is 1. The first kappa shape index (κ1) is 16.7. The number of hydrogen-bond donors (Lipinski definition) is 1. The van der Waals surface area contributed by atoms with Crippen LogP contribution in [0.4, 0.5) is 0 Å². The topological polar surface area (TPSA) is 53.4 Å². The highest BCUT2D eigenvalue weighted by Crippen LogP contribution is 2.31. The zero-order valence-corrected chi connectivity index (χ0v) is 14.3. The van der Waals surface area contributed by atoms with Crippen LogP contribution >= 0.6 is 0 Å². The van der Waals surface area contributed by atoms with Gasteiger partial charge in [0.05, 0.1) is 11.3 Å². The Labute approximate surface area is 143 Å². The van der Waals surface area contributed by atoms with Crippen LogP contribution in [0.3, 0.4) is 0 Å². The fourth-order valence-corrected chi connectivity index (χ4v) is 3.49. The fraction of sp³-hybridized carbons (Fsp3) is 0.400. The molecule has 0 aliphatic carbocycles. The number of carboxylic acids is 1. The molecule has 1 aromatic heterocycles. The van der Waals surface area contributed by atoms with Crippen molar-refractivity contribution in [2.45, 2.75) is 38.6 Å². The van der Waals surface area contributed by atoms with Crippen molar-refractivity contribution >= 4 is 5.97 Å². The number of aromatic carboxylic acids is 1. The van der Waals surface area contributed by atoms with E-state index >= 15 is 0 Å². The number of carboxylic acid groups (broad SMARTS) is 1. The van der Waals surface area contributed by atoms with E-state index in [4.69, 9.17) is 0 Å². The van der Waals surface area contributed by atoms with E-state index in [9.17, 15) is 9.90 Å². The molecule has 24 heavy (non-hydrogen) atoms. The van der Waals surface area contributed by atoms with Crippen LogP contribution in [0.25, 0.3) is 11.3 Å². The van der Waals surface area contributed by atoms with Crippen molar-refractivity contribution in [1.82, 2.24) is 9.88 Å². The molecule has 0 radical (unpaired) electrons. The lowest BCUT2D eigenvalue weighted by molar-refractivity contribution is 0.0697. The number of rotatable bonds is 4. The molecule has 0 spiro atoms. The van der Waals surface area contributed by atoms with Gasteiger partial charge in [0, 0.05) is 17.8 Å². The van der Waals surface area contributed by atoms with E-state index in [-0.39, 0.29) is 0 Å². The molecule has 126 valence electrons. The number of carbonyl (C=O) groups is 1. The van der Waals surface area contributed by atoms with Crippen LogP contribution < -0.4 is 0 Å². The number of piperidine rings is 1. The summed E-state index contributed by atoms with van der Waals surface area (Å²) in [6.07, 6.45) is 4.09. The Morgan fingerprint density at radius 3 is 2.58 bits per heavy atom. The summed E-state index contributed by atoms with van der Waals surface area (Å²) in [5, 5.41) is 9.39. The average molecular weight is 324 g/mol. The maximum atomic E-state index is 11.4. The minimum absolute atomic E-state index is 0.303. The summed E-state index contributed by atoms with van der Waals surface area (Å²) in [6, 6.07) is 11.8. The lowest BCUT2D eigenvalue weighted by atomic mass is 9.88. The van der Waals surface area contributed by atoms with E-state index in [1.165, 1.54) is 5.56 Å². The second kappa shape index (κ2) is 7.14. The van der Waals surface area contributed by atoms with Crippen molar-refractivity contribution in [2.75, 3.05) is 13.1 Å². The van der Waals surface area contributed by atoms with Gasteiger partial charge in [0.1, 0.15) is 0 Å². The summed E-state index contributed by atoms with van der Waals surface area (Å²) in [4.78, 5) is 18.4. The minimum Gasteiger partial charge on any atom is -0.478 e. The Hall–Kier alpha value is -2.20. The van der Waals surface area contributed by atoms with E-state index in [0.717, 1.165) is 31.6 Å². The summed E-state index contributed by atoms with van der Waals surface area (Å²) in [6.45, 7) is 6.72. The summed E-state index contributed by atoms with van der Waals surface area (Å²) in [5.74, 6) is -0.387. The minimum atomic E-state index is -0.914. The van der Waals surface area contributed by atoms with Crippen molar-refractivity contribution < 1.29 is 9.90 Å². The molecule has 1 aliphatic rings. The molecule has 0 atom stereocenters. The van der Waals surface area contributed by atoms with Crippen LogP contribution in [0.15, 0.2) is 42.6 Å². The van der Waals surface area contributed by atoms with Gasteiger partial charge in [-0.2, -0.15) is 0 Å². The standard InChI is InChI=1S/C20H24N2O2/c1-14(2)22-11-8-15(9-12-22)16-7-10-21-19(13-16)17-5-3-4-6-18(17)20(23)24/h3-7,10,13-15H,8-9,11-12H2,1-2H3,(H,23,24). The monoisotopic (exact) mass is 324 g/mol. The largest absolute Gasteiger partial charge is 0.478 e. The molecule has 0 unspecified atom stereocenters. The second-order valence-corrected chi connectivity index (χ2v) is 6.73. The highest BCUT2D eigenvalue weighted by Gasteiger charge is 2.22. The molecule has 0 bridgehead atoms. The maximum Gasteiger partial charge on any atom is 0.336 e. The molecule has 1 fully saturated rings. The van der Waals surface area contributed by atoms with Crippen molar-refractivity contribution in [3.05, 3.63) is 53.7 Å². The van der Waals surface area contributed by atoms with Gasteiger partial charge < -0.3 is 10.0 Å². The Bertz CT molecular complexity index is 719. The summed E-state index contributed by atoms with van der Waals surface area (Å²) < 4.78 is 0. The van der Waals surface area contributed by atoms with Crippen molar-refractivity contribution in [1.29, 1.82) is 0 Å². The quantitative estimate of drug-likeness (QED) is 0.922. The molecule has 2 heterocycles. The zero-order chi connectivity index (χ0) is 17.1. The Kier molecular flexibility index (Phi) is 4.95. The molecule has 4 nitrogen and oxygen atoms in total. The van der Waals surface area contributed by atoms with E-state index in [1.807, 2.05) is 12.1 Å². The van der Waals surface area contributed by atoms with Gasteiger partial charge in [0.2, 0.25) is 0 Å². The van der Waals surface area contributed by atoms with Crippen molar-refractivity contribution in [2.24, 2.45) is 0 Å². The highest BCUT2D eigenvalue weighted by molar-refractivity contribution is 5.95. The Balaban J connectivity index is 1.85. The van der Waals surface area contributed by atoms with Gasteiger partial charge in [0.25, 0.3) is 0 Å². The van der Waals surface area contributed by atoms with E-state index in [0.29, 0.717) is 23.1 Å². The van der Waals surface area contributed by atoms with E-state index < -0.39 is 5.97 Å². The van der Waals surface area contributed by atoms with Crippen LogP contribution in [-0.4, -0.2) is 40.1 Å². The van der Waals surface area contributed by atoms with Crippen LogP contribution in [0.5, 0.6) is 0 Å². The van der Waals surface area contributed by atoms with Crippen molar-refractivity contribution in [3.8, 4) is 11.3 Å². The molecule has 1 aromatic carbocycles. The van der Waals surface area contributed by atoms with Crippen LogP contribution in [0.2, 0.25) is 0 Å². The third kappa shape index (κ3) is 3.49. The smallest absolute Gasteiger partial charge is 0.336 e. The molecule has 3 rings (SSSR count). The van der Waals surface area contributed by atoms with Gasteiger partial charge in [-0.15, -0.1) is 0 Å². The van der Waals surface area contributed by atoms with Crippen molar-refractivity contribution in [3.63, 3.8) is 0 Å². The normalized spacial score (nSPS) is 16.5. The number of aromatic nitrogens is 1.